The molecule has 0 spiro atoms. The van der Waals surface area contributed by atoms with Crippen LogP contribution in [-0.2, 0) is 6.42 Å². The second-order valence-corrected chi connectivity index (χ2v) is 9.09. The van der Waals surface area contributed by atoms with Crippen molar-refractivity contribution in [1.82, 2.24) is 15.5 Å². The first-order chi connectivity index (χ1) is 15.2. The number of rotatable bonds is 4. The number of thiophene rings is 1. The molecule has 0 radical (unpaired) electrons. The van der Waals surface area contributed by atoms with Crippen molar-refractivity contribution in [3.8, 4) is 0 Å². The predicted octanol–water partition coefficient (Wildman–Crippen LogP) is 2.33. The molecule has 1 aromatic heterocycles. The van der Waals surface area contributed by atoms with Gasteiger partial charge in [0.1, 0.15) is 0 Å². The monoisotopic (exact) mass is 434 g/mol. The molecule has 1 fully saturated rings. The summed E-state index contributed by atoms with van der Waals surface area (Å²) in [6.07, 6.45) is 7.07. The number of piperazine rings is 1. The highest BCUT2D eigenvalue weighted by atomic mass is 32.1. The Morgan fingerprint density at radius 3 is 2.87 bits per heavy atom. The quantitative estimate of drug-likeness (QED) is 0.644. The van der Waals surface area contributed by atoms with E-state index in [0.717, 1.165) is 53.6 Å². The number of nitrogens with two attached hydrogens (primary N) is 1. The Morgan fingerprint density at radius 1 is 1.26 bits per heavy atom. The Labute approximate surface area is 185 Å². The van der Waals surface area contributed by atoms with Crippen LogP contribution in [0.1, 0.15) is 31.7 Å². The van der Waals surface area contributed by atoms with Gasteiger partial charge in [-0.15, -0.1) is 11.3 Å². The summed E-state index contributed by atoms with van der Waals surface area (Å²) in [5.74, 6) is 0.951. The predicted molar refractivity (Wildman–Crippen MR) is 127 cm³/mol. The minimum absolute atomic E-state index is 0.0635. The molecule has 160 valence electrons. The largest absolute Gasteiger partial charge is 0.399 e. The molecular weight excluding hydrogens is 408 g/mol. The summed E-state index contributed by atoms with van der Waals surface area (Å²) in [6.45, 7) is 3.89. The van der Waals surface area contributed by atoms with Gasteiger partial charge in [0.15, 0.2) is 0 Å². The number of benzene rings is 1. The summed E-state index contributed by atoms with van der Waals surface area (Å²) in [5.41, 5.74) is 8.88. The zero-order chi connectivity index (χ0) is 21.2. The molecule has 1 saturated heterocycles. The van der Waals surface area contributed by atoms with Crippen molar-refractivity contribution >= 4 is 41.2 Å². The van der Waals surface area contributed by atoms with Crippen molar-refractivity contribution in [2.75, 3.05) is 38.5 Å². The van der Waals surface area contributed by atoms with E-state index in [9.17, 15) is 4.79 Å². The van der Waals surface area contributed by atoms with Gasteiger partial charge in [0, 0.05) is 55.4 Å². The number of carbonyl (C=O) groups excluding carboxylic acids is 1. The Morgan fingerprint density at radius 2 is 2.06 bits per heavy atom. The van der Waals surface area contributed by atoms with Crippen molar-refractivity contribution in [2.24, 2.45) is 15.9 Å². The van der Waals surface area contributed by atoms with E-state index in [1.807, 2.05) is 35.4 Å². The van der Waals surface area contributed by atoms with Crippen LogP contribution in [0.25, 0.3) is 6.08 Å². The van der Waals surface area contributed by atoms with E-state index in [1.165, 1.54) is 5.56 Å². The van der Waals surface area contributed by atoms with Crippen LogP contribution >= 0.6 is 11.3 Å². The average Bonchev–Trinajstić information content (AvgIpc) is 3.25. The fraction of sp³-hybridized carbons (Fsp3) is 0.348. The Kier molecular flexibility index (Phi) is 5.57. The minimum Gasteiger partial charge on any atom is -0.399 e. The third-order valence-corrected chi connectivity index (χ3v) is 7.00. The molecular formula is C23H26N6OS. The highest BCUT2D eigenvalue weighted by Gasteiger charge is 2.32. The molecule has 2 aliphatic heterocycles. The lowest BCUT2D eigenvalue weighted by atomic mass is 9.88. The van der Waals surface area contributed by atoms with Gasteiger partial charge in [-0.05, 0) is 41.8 Å². The lowest BCUT2D eigenvalue weighted by molar-refractivity contribution is 0.0740. The summed E-state index contributed by atoms with van der Waals surface area (Å²) in [4.78, 5) is 26.0. The number of hydrogen-bond acceptors (Lipinski definition) is 5. The number of hydrogen-bond donors (Lipinski definition) is 3. The van der Waals surface area contributed by atoms with Crippen LogP contribution in [0.15, 0.2) is 46.4 Å². The number of fused-ring (bicyclic) bond motifs is 3. The normalized spacial score (nSPS) is 23.4. The number of nitrogens with one attached hydrogen (secondary N) is 2. The molecule has 5 rings (SSSR count). The van der Waals surface area contributed by atoms with Crippen molar-refractivity contribution in [1.29, 1.82) is 0 Å². The second-order valence-electron chi connectivity index (χ2n) is 8.01. The molecule has 4 N–H and O–H groups in total. The lowest BCUT2D eigenvalue weighted by Crippen LogP contribution is -2.46. The molecule has 1 aliphatic carbocycles. The van der Waals surface area contributed by atoms with E-state index in [2.05, 4.69) is 38.8 Å². The maximum Gasteiger partial charge on any atom is 0.264 e. The first kappa shape index (κ1) is 20.0. The van der Waals surface area contributed by atoms with E-state index in [4.69, 9.17) is 5.73 Å². The Bertz CT molecular complexity index is 1050. The fourth-order valence-electron chi connectivity index (χ4n) is 4.14. The highest BCUT2D eigenvalue weighted by molar-refractivity contribution is 7.15. The maximum absolute atomic E-state index is 12.9. The van der Waals surface area contributed by atoms with Crippen LogP contribution < -0.4 is 16.4 Å². The first-order valence-electron chi connectivity index (χ1n) is 10.7. The van der Waals surface area contributed by atoms with Gasteiger partial charge in [-0.1, -0.05) is 18.2 Å². The lowest BCUT2D eigenvalue weighted by Gasteiger charge is -2.30. The van der Waals surface area contributed by atoms with E-state index in [0.29, 0.717) is 12.5 Å². The van der Waals surface area contributed by atoms with Crippen LogP contribution in [0, 0.1) is 5.92 Å². The zero-order valence-electron chi connectivity index (χ0n) is 17.3. The standard InChI is InChI=1S/C23H26N6OS/c24-17-4-1-15(2-5-17)7-8-26-23-27-14-16-3-6-19-18(21(16)28-23)13-20(31-19)22(30)29-11-9-25-10-12-29/h1-6,13-14,16,21,25H,7-12,24H2,(H,26,28). The van der Waals surface area contributed by atoms with E-state index < -0.39 is 0 Å². The summed E-state index contributed by atoms with van der Waals surface area (Å²) < 4.78 is 0. The highest BCUT2D eigenvalue weighted by Crippen LogP contribution is 2.38. The van der Waals surface area contributed by atoms with Crippen LogP contribution in [0.3, 0.4) is 0 Å². The maximum atomic E-state index is 12.9. The molecule has 2 atom stereocenters. The van der Waals surface area contributed by atoms with Crippen LogP contribution in [-0.4, -0.2) is 55.7 Å². The molecule has 0 bridgehead atoms. The van der Waals surface area contributed by atoms with Gasteiger partial charge < -0.3 is 21.3 Å². The molecule has 7 nitrogen and oxygen atoms in total. The van der Waals surface area contributed by atoms with Crippen LogP contribution in [0.5, 0.6) is 0 Å². The second kappa shape index (κ2) is 8.64. The van der Waals surface area contributed by atoms with Gasteiger partial charge in [-0.3, -0.25) is 9.79 Å². The number of nitrogen functional groups attached to an aromatic ring is 1. The van der Waals surface area contributed by atoms with Crippen molar-refractivity contribution < 1.29 is 4.79 Å². The number of anilines is 1. The van der Waals surface area contributed by atoms with Gasteiger partial charge in [-0.25, -0.2) is 4.99 Å². The van der Waals surface area contributed by atoms with E-state index in [-0.39, 0.29) is 17.9 Å². The van der Waals surface area contributed by atoms with E-state index in [1.54, 1.807) is 11.3 Å². The van der Waals surface area contributed by atoms with Crippen LogP contribution in [0.2, 0.25) is 0 Å². The van der Waals surface area contributed by atoms with Crippen molar-refractivity contribution in [3.63, 3.8) is 0 Å². The smallest absolute Gasteiger partial charge is 0.264 e. The van der Waals surface area contributed by atoms with Gasteiger partial charge in [-0.2, -0.15) is 0 Å². The number of carbonyl (C=O) groups is 1. The number of aliphatic imine (C=N–C) groups is 2. The molecule has 3 heterocycles. The molecule has 0 saturated carbocycles. The van der Waals surface area contributed by atoms with Crippen molar-refractivity contribution in [2.45, 2.75) is 12.5 Å². The van der Waals surface area contributed by atoms with Gasteiger partial charge >= 0.3 is 0 Å². The topological polar surface area (TPSA) is 95.1 Å². The van der Waals surface area contributed by atoms with Gasteiger partial charge in [0.25, 0.3) is 5.91 Å². The summed E-state index contributed by atoms with van der Waals surface area (Å²) in [5, 5.41) is 6.79. The van der Waals surface area contributed by atoms with E-state index >= 15 is 0 Å². The van der Waals surface area contributed by atoms with Crippen molar-refractivity contribution in [3.05, 3.63) is 57.3 Å². The van der Waals surface area contributed by atoms with Crippen LogP contribution in [0.4, 0.5) is 5.69 Å². The molecule has 2 unspecified atom stereocenters. The molecule has 2 aromatic rings. The molecule has 31 heavy (non-hydrogen) atoms. The van der Waals surface area contributed by atoms with Gasteiger partial charge in [0.2, 0.25) is 5.96 Å². The number of guanidine groups is 1. The summed E-state index contributed by atoms with van der Waals surface area (Å²) in [6, 6.07) is 10.0. The van der Waals surface area contributed by atoms with Gasteiger partial charge in [0.05, 0.1) is 10.9 Å². The summed E-state index contributed by atoms with van der Waals surface area (Å²) >= 11 is 1.58. The number of amides is 1. The Balaban J connectivity index is 1.29. The molecule has 3 aliphatic rings. The fourth-order valence-corrected chi connectivity index (χ4v) is 5.23. The average molecular weight is 435 g/mol. The number of nitrogens with zero attached hydrogens (tertiary/aromatic N) is 3. The third kappa shape index (κ3) is 4.26. The molecule has 1 amide bonds. The Hall–Kier alpha value is -2.97. The third-order valence-electron chi connectivity index (χ3n) is 5.89. The SMILES string of the molecule is Nc1ccc(CCN=C2N=CC3C=Cc4sc(C(=O)N5CCNCC5)cc4C3N2)cc1. The molecule has 1 aromatic carbocycles. The first-order valence-corrected chi connectivity index (χ1v) is 11.5. The molecule has 8 heteroatoms. The zero-order valence-corrected chi connectivity index (χ0v) is 18.1. The minimum atomic E-state index is 0.0635. The summed E-state index contributed by atoms with van der Waals surface area (Å²) in [7, 11) is 0.